The number of aliphatic carboxylic acids is 1. The minimum atomic E-state index is -1.03. The molecule has 1 aromatic carbocycles. The molecule has 0 aromatic heterocycles. The molecule has 15 nitrogen and oxygen atoms in total. The van der Waals surface area contributed by atoms with Gasteiger partial charge in [0.05, 0.1) is 26.4 Å². The monoisotopic (exact) mass is 914 g/mol. The van der Waals surface area contributed by atoms with E-state index in [1.165, 1.54) is 58.3 Å². The van der Waals surface area contributed by atoms with Crippen molar-refractivity contribution in [3.05, 3.63) is 22.3 Å². The maximum Gasteiger partial charge on any atom is 0.508 e. The van der Waals surface area contributed by atoms with Crippen LogP contribution in [0.25, 0.3) is 0 Å². The van der Waals surface area contributed by atoms with Gasteiger partial charge in [-0.2, -0.15) is 0 Å². The van der Waals surface area contributed by atoms with Crippen LogP contribution in [0.3, 0.4) is 0 Å². The number of carbonyl (C=O) groups excluding carboxylic acids is 5. The average molecular weight is 916 g/mol. The molecule has 63 heavy (non-hydrogen) atoms. The van der Waals surface area contributed by atoms with Crippen molar-refractivity contribution in [2.45, 2.75) is 165 Å². The first-order chi connectivity index (χ1) is 29.5. The molecule has 3 fully saturated rings. The highest BCUT2D eigenvalue weighted by Gasteiger charge is 2.43. The van der Waals surface area contributed by atoms with Gasteiger partial charge in [0, 0.05) is 32.3 Å². The number of ether oxygens (including phenoxy) is 8. The molecule has 3 saturated heterocycles. The summed E-state index contributed by atoms with van der Waals surface area (Å²) in [5.41, 5.74) is 2.78. The van der Waals surface area contributed by atoms with Gasteiger partial charge in [0.15, 0.2) is 0 Å². The number of hydrogen-bond donors (Lipinski definition) is 1. The molecule has 0 saturated carbocycles. The average Bonchev–Trinajstić information content (AvgIpc) is 3.20. The third-order valence-electron chi connectivity index (χ3n) is 11.0. The number of carbonyl (C=O) groups is 6. The van der Waals surface area contributed by atoms with Crippen molar-refractivity contribution < 1.29 is 71.8 Å². The first kappa shape index (κ1) is 56.7. The van der Waals surface area contributed by atoms with Crippen LogP contribution in [0.1, 0.15) is 155 Å². The Morgan fingerprint density at radius 2 is 1.10 bits per heavy atom. The molecule has 1 aromatic rings. The molecule has 0 bridgehead atoms. The molecular formula is C47H75ClO15. The van der Waals surface area contributed by atoms with E-state index in [9.17, 15) is 24.0 Å². The number of halogens is 1. The van der Waals surface area contributed by atoms with E-state index in [1.807, 2.05) is 13.8 Å². The van der Waals surface area contributed by atoms with Crippen LogP contribution in [0.5, 0.6) is 11.5 Å². The maximum atomic E-state index is 13.1. The maximum absolute atomic E-state index is 13.1. The molecular weight excluding hydrogens is 840 g/mol. The number of carboxylic acids is 1. The number of hydrogen-bond acceptors (Lipinski definition) is 14. The lowest BCUT2D eigenvalue weighted by atomic mass is 9.83. The minimum Gasteiger partial charge on any atom is -0.487 e. The van der Waals surface area contributed by atoms with Crippen LogP contribution in [0.2, 0.25) is 0 Å². The van der Waals surface area contributed by atoms with Crippen molar-refractivity contribution in [1.29, 1.82) is 0 Å². The summed E-state index contributed by atoms with van der Waals surface area (Å²) in [5, 5.41) is 7.06. The number of benzene rings is 1. The van der Waals surface area contributed by atoms with Gasteiger partial charge in [0.25, 0.3) is 5.97 Å². The molecule has 16 heteroatoms. The summed E-state index contributed by atoms with van der Waals surface area (Å²) in [7, 11) is 0. The van der Waals surface area contributed by atoms with E-state index < -0.39 is 35.8 Å². The van der Waals surface area contributed by atoms with Gasteiger partial charge in [-0.3, -0.25) is 14.4 Å². The van der Waals surface area contributed by atoms with E-state index in [0.717, 1.165) is 84.8 Å². The molecule has 0 radical (unpaired) electrons. The summed E-state index contributed by atoms with van der Waals surface area (Å²) < 4.78 is 40.3. The standard InChI is InChI=1S/C35H56O6.2C4H6O3.C2H3ClO.C2H4O2/c1-23(2)13-10-14-24(3)15-11-16-25(4)17-12-19-35(9)20-18-29-28(7)30(26(5)27(6)31(29)41-35)40-32(36)34(8)21-38-33(37)39-22-34;2*5-4-6-2-1-3-7-4;2*1-2(3)4/h23-25H,10-22H2,1-9H3;2*1-3H2;1H3;1H3,(H,3,4)/t24-,25-,35-;;;;/m1..../s1. The van der Waals surface area contributed by atoms with E-state index in [1.54, 1.807) is 6.92 Å². The third kappa shape index (κ3) is 23.3. The van der Waals surface area contributed by atoms with Crippen molar-refractivity contribution in [2.24, 2.45) is 23.2 Å². The van der Waals surface area contributed by atoms with Gasteiger partial charge in [-0.1, -0.05) is 72.6 Å². The SMILES string of the molecule is CC(=O)Cl.CC(=O)O.Cc1c(C)c2c(c(C)c1OC(=O)C1(C)COC(=O)OC1)CC[C@@](C)(CCC[C@H](C)CCC[C@H](C)CCCC(C)C)O2.O=C1OCCCO1.O=C1OCCCO1. The largest absolute Gasteiger partial charge is 0.508 e. The molecule has 5 rings (SSSR count). The summed E-state index contributed by atoms with van der Waals surface area (Å²) >= 11 is 4.64. The van der Waals surface area contributed by atoms with E-state index >= 15 is 0 Å². The fraction of sp³-hybridized carbons (Fsp3) is 0.745. The van der Waals surface area contributed by atoms with Crippen molar-refractivity contribution in [3.63, 3.8) is 0 Å². The lowest BCUT2D eigenvalue weighted by Crippen LogP contribution is -2.45. The van der Waals surface area contributed by atoms with Gasteiger partial charge in [-0.05, 0) is 106 Å². The normalized spacial score (nSPS) is 19.2. The number of cyclic esters (lactones) is 6. The fourth-order valence-corrected chi connectivity index (χ4v) is 7.09. The minimum absolute atomic E-state index is 0.0513. The van der Waals surface area contributed by atoms with E-state index in [4.69, 9.17) is 28.8 Å². The van der Waals surface area contributed by atoms with Gasteiger partial charge in [-0.25, -0.2) is 14.4 Å². The lowest BCUT2D eigenvalue weighted by Gasteiger charge is -2.38. The highest BCUT2D eigenvalue weighted by Crippen LogP contribution is 2.45. The summed E-state index contributed by atoms with van der Waals surface area (Å²) in [4.78, 5) is 62.6. The number of carboxylic acid groups (broad SMARTS) is 1. The number of fused-ring (bicyclic) bond motifs is 1. The van der Waals surface area contributed by atoms with E-state index in [2.05, 4.69) is 72.1 Å². The van der Waals surface area contributed by atoms with Gasteiger partial charge in [0.1, 0.15) is 35.7 Å². The second kappa shape index (κ2) is 29.2. The Hall–Kier alpha value is -4.27. The Balaban J connectivity index is 0.000000726. The molecule has 3 atom stereocenters. The highest BCUT2D eigenvalue weighted by atomic mass is 35.5. The second-order valence-corrected chi connectivity index (χ2v) is 18.3. The summed E-state index contributed by atoms with van der Waals surface area (Å²) in [6.07, 6.45) is 13.3. The predicted molar refractivity (Wildman–Crippen MR) is 237 cm³/mol. The summed E-state index contributed by atoms with van der Waals surface area (Å²) in [5.74, 6) is 2.67. The van der Waals surface area contributed by atoms with Crippen LogP contribution in [-0.4, -0.2) is 86.0 Å². The number of rotatable bonds is 14. The number of esters is 1. The van der Waals surface area contributed by atoms with Crippen molar-refractivity contribution in [2.75, 3.05) is 39.6 Å². The topological polar surface area (TPSA) is 196 Å². The Morgan fingerprint density at radius 3 is 1.51 bits per heavy atom. The Morgan fingerprint density at radius 1 is 0.683 bits per heavy atom. The van der Waals surface area contributed by atoms with Crippen molar-refractivity contribution in [1.82, 2.24) is 0 Å². The van der Waals surface area contributed by atoms with Crippen LogP contribution >= 0.6 is 11.6 Å². The molecule has 0 amide bonds. The van der Waals surface area contributed by atoms with Crippen LogP contribution in [0, 0.1) is 43.9 Å². The third-order valence-corrected chi connectivity index (χ3v) is 11.0. The lowest BCUT2D eigenvalue weighted by molar-refractivity contribution is -0.156. The van der Waals surface area contributed by atoms with Gasteiger partial charge in [-0.15, -0.1) is 0 Å². The molecule has 4 aliphatic rings. The van der Waals surface area contributed by atoms with Crippen molar-refractivity contribution in [3.8, 4) is 11.5 Å². The molecule has 1 N–H and O–H groups in total. The summed E-state index contributed by atoms with van der Waals surface area (Å²) in [6.45, 7) is 23.8. The zero-order valence-electron chi connectivity index (χ0n) is 39.7. The van der Waals surface area contributed by atoms with E-state index in [-0.39, 0.29) is 24.1 Å². The quantitative estimate of drug-likeness (QED) is 0.0800. The van der Waals surface area contributed by atoms with Gasteiger partial charge >= 0.3 is 24.4 Å². The van der Waals surface area contributed by atoms with Crippen LogP contribution in [-0.2, 0) is 49.2 Å². The Labute approximate surface area is 379 Å². The zero-order chi connectivity index (χ0) is 47.8. The molecule has 4 heterocycles. The summed E-state index contributed by atoms with van der Waals surface area (Å²) in [6, 6.07) is 0. The van der Waals surface area contributed by atoms with Crippen LogP contribution in [0.4, 0.5) is 14.4 Å². The van der Waals surface area contributed by atoms with Crippen molar-refractivity contribution >= 4 is 47.2 Å². The molecule has 360 valence electrons. The second-order valence-electron chi connectivity index (χ2n) is 17.8. The molecule has 0 spiro atoms. The zero-order valence-corrected chi connectivity index (χ0v) is 40.5. The van der Waals surface area contributed by atoms with Crippen LogP contribution < -0.4 is 9.47 Å². The van der Waals surface area contributed by atoms with Crippen LogP contribution in [0.15, 0.2) is 0 Å². The Bertz CT molecular complexity index is 1560. The first-order valence-electron chi connectivity index (χ1n) is 22.3. The van der Waals surface area contributed by atoms with Gasteiger partial charge < -0.3 is 43.0 Å². The Kier molecular flexibility index (Phi) is 26.3. The van der Waals surface area contributed by atoms with E-state index in [0.29, 0.717) is 32.2 Å². The van der Waals surface area contributed by atoms with Gasteiger partial charge in [0.2, 0.25) is 5.24 Å². The molecule has 4 aliphatic heterocycles. The highest BCUT2D eigenvalue weighted by molar-refractivity contribution is 6.62. The first-order valence-corrected chi connectivity index (χ1v) is 22.7. The smallest absolute Gasteiger partial charge is 0.487 e. The molecule has 0 unspecified atom stereocenters. The fourth-order valence-electron chi connectivity index (χ4n) is 7.09. The molecule has 0 aliphatic carbocycles. The predicted octanol–water partition coefficient (Wildman–Crippen LogP) is 11.2.